The quantitative estimate of drug-likeness (QED) is 0.0797. The standard InChI is InChI=1S/C42H50N4O8S/c1-7-9-10-11-19-52-35-22-26(25-44-41(50)54-42(3,4)5)12-14-32(35)46-38(47)30-23-31-34(53-20-16-27-17-21-55-37(27)31)24-29(30)28-13-15-33(39(48)43-18-8-2)45-36(28)40(49)51-6/h12-15,17,21-24H,7-11,16,18-20,25H2,1-6H3,(H,43,48)(H,44,50)(H,46,47). The second-order valence-electron chi connectivity index (χ2n) is 14.2. The Morgan fingerprint density at radius 3 is 2.45 bits per heavy atom. The van der Waals surface area contributed by atoms with Gasteiger partial charge in [0.05, 0.1) is 26.0 Å². The number of hydrogen-bond acceptors (Lipinski definition) is 10. The molecule has 0 saturated heterocycles. The fraction of sp³-hybridized carbons (Fsp3) is 0.405. The van der Waals surface area contributed by atoms with Crippen molar-refractivity contribution in [2.75, 3.05) is 32.2 Å². The molecule has 1 aliphatic rings. The van der Waals surface area contributed by atoms with Gasteiger partial charge in [0.25, 0.3) is 11.8 Å². The number of hydrogen-bond donors (Lipinski definition) is 3. The Labute approximate surface area is 326 Å². The van der Waals surface area contributed by atoms with Crippen molar-refractivity contribution in [1.29, 1.82) is 0 Å². The highest BCUT2D eigenvalue weighted by Crippen LogP contribution is 2.43. The number of aromatic nitrogens is 1. The Bertz CT molecular complexity index is 2020. The molecule has 0 saturated carbocycles. The number of nitrogens with one attached hydrogen (secondary N) is 3. The van der Waals surface area contributed by atoms with Crippen LogP contribution in [0.25, 0.3) is 21.6 Å². The van der Waals surface area contributed by atoms with E-state index in [0.717, 1.165) is 53.7 Å². The summed E-state index contributed by atoms with van der Waals surface area (Å²) >= 11 is 1.56. The lowest BCUT2D eigenvalue weighted by Crippen LogP contribution is -2.32. The van der Waals surface area contributed by atoms with Gasteiger partial charge in [-0.3, -0.25) is 9.59 Å². The maximum atomic E-state index is 14.6. The van der Waals surface area contributed by atoms with Crippen LogP contribution in [0.3, 0.4) is 0 Å². The van der Waals surface area contributed by atoms with Gasteiger partial charge in [-0.15, -0.1) is 11.3 Å². The predicted molar refractivity (Wildman–Crippen MR) is 213 cm³/mol. The van der Waals surface area contributed by atoms with Crippen molar-refractivity contribution >= 4 is 40.9 Å². The largest absolute Gasteiger partial charge is 0.493 e. The van der Waals surface area contributed by atoms with E-state index in [2.05, 4.69) is 33.9 Å². The number of thiophene rings is 1. The Kier molecular flexibility index (Phi) is 13.9. The molecule has 2 aromatic carbocycles. The first-order valence-electron chi connectivity index (χ1n) is 18.7. The van der Waals surface area contributed by atoms with Gasteiger partial charge in [0.15, 0.2) is 5.69 Å². The van der Waals surface area contributed by atoms with Crippen LogP contribution in [0.4, 0.5) is 10.5 Å². The number of pyridine rings is 1. The van der Waals surface area contributed by atoms with E-state index in [-0.39, 0.29) is 23.5 Å². The average Bonchev–Trinajstić information content (AvgIpc) is 3.56. The normalized spacial score (nSPS) is 12.0. The Balaban J connectivity index is 1.57. The second kappa shape index (κ2) is 18.7. The lowest BCUT2D eigenvalue weighted by molar-refractivity contribution is 0.0521. The summed E-state index contributed by atoms with van der Waals surface area (Å²) < 4.78 is 23.0. The number of carbonyl (C=O) groups is 4. The molecule has 0 aliphatic carbocycles. The molecule has 5 rings (SSSR count). The molecule has 0 spiro atoms. The highest BCUT2D eigenvalue weighted by atomic mass is 32.1. The van der Waals surface area contributed by atoms with Crippen molar-refractivity contribution in [3.63, 3.8) is 0 Å². The Hall–Kier alpha value is -5.43. The van der Waals surface area contributed by atoms with Gasteiger partial charge >= 0.3 is 12.1 Å². The first kappa shape index (κ1) is 40.7. The van der Waals surface area contributed by atoms with Crippen LogP contribution in [-0.4, -0.2) is 61.3 Å². The van der Waals surface area contributed by atoms with Gasteiger partial charge in [0.1, 0.15) is 22.8 Å². The van der Waals surface area contributed by atoms with E-state index in [1.807, 2.05) is 12.3 Å². The monoisotopic (exact) mass is 770 g/mol. The van der Waals surface area contributed by atoms with Crippen molar-refractivity contribution in [3.05, 3.63) is 82.0 Å². The van der Waals surface area contributed by atoms with Crippen molar-refractivity contribution in [1.82, 2.24) is 15.6 Å². The Morgan fingerprint density at radius 2 is 1.71 bits per heavy atom. The number of alkyl carbamates (subject to hydrolysis) is 1. The number of rotatable bonds is 15. The second-order valence-corrected chi connectivity index (χ2v) is 15.1. The molecular weight excluding hydrogens is 721 g/mol. The molecule has 0 fully saturated rings. The van der Waals surface area contributed by atoms with E-state index in [0.29, 0.717) is 54.5 Å². The zero-order valence-electron chi connectivity index (χ0n) is 32.4. The summed E-state index contributed by atoms with van der Waals surface area (Å²) in [7, 11) is 1.24. The molecule has 3 N–H and O–H groups in total. The number of methoxy groups -OCH3 is 1. The molecule has 3 amide bonds. The molecule has 12 nitrogen and oxygen atoms in total. The molecule has 0 radical (unpaired) electrons. The lowest BCUT2D eigenvalue weighted by atomic mass is 9.93. The summed E-state index contributed by atoms with van der Waals surface area (Å²) in [4.78, 5) is 58.5. The van der Waals surface area contributed by atoms with E-state index in [9.17, 15) is 19.2 Å². The smallest absolute Gasteiger partial charge is 0.407 e. The summed E-state index contributed by atoms with van der Waals surface area (Å²) in [5, 5.41) is 10.6. The average molecular weight is 771 g/mol. The fourth-order valence-corrected chi connectivity index (χ4v) is 6.98. The molecular formula is C42H50N4O8S. The van der Waals surface area contributed by atoms with Crippen LogP contribution < -0.4 is 25.4 Å². The van der Waals surface area contributed by atoms with E-state index in [4.69, 9.17) is 18.9 Å². The van der Waals surface area contributed by atoms with E-state index >= 15 is 0 Å². The van der Waals surface area contributed by atoms with Crippen LogP contribution in [0.15, 0.2) is 53.9 Å². The van der Waals surface area contributed by atoms with Crippen LogP contribution in [-0.2, 0) is 22.4 Å². The predicted octanol–water partition coefficient (Wildman–Crippen LogP) is 8.57. The molecule has 0 unspecified atom stereocenters. The SMILES string of the molecule is CCCCCCOc1cc(CNC(=O)OC(C)(C)C)ccc1NC(=O)c1cc2c(cc1-c1ccc(C(=O)NCCC)nc1C(=O)OC)OCCc1ccsc1-2. The zero-order chi connectivity index (χ0) is 39.5. The molecule has 0 bridgehead atoms. The van der Waals surface area contributed by atoms with Gasteiger partial charge in [-0.1, -0.05) is 39.2 Å². The molecule has 55 heavy (non-hydrogen) atoms. The number of benzene rings is 2. The summed E-state index contributed by atoms with van der Waals surface area (Å²) in [6.07, 6.45) is 4.86. The first-order valence-corrected chi connectivity index (χ1v) is 19.6. The number of amides is 3. The zero-order valence-corrected chi connectivity index (χ0v) is 33.2. The summed E-state index contributed by atoms with van der Waals surface area (Å²) in [6, 6.07) is 14.0. The number of anilines is 1. The van der Waals surface area contributed by atoms with Crippen molar-refractivity contribution < 1.29 is 38.1 Å². The van der Waals surface area contributed by atoms with Gasteiger partial charge in [-0.05, 0) is 92.6 Å². The first-order chi connectivity index (χ1) is 26.4. The minimum absolute atomic E-state index is 0.0415. The highest BCUT2D eigenvalue weighted by Gasteiger charge is 2.27. The fourth-order valence-electron chi connectivity index (χ4n) is 6.00. The number of nitrogens with zero attached hydrogens (tertiary/aromatic N) is 1. The molecule has 4 aromatic rings. The third-order valence-corrected chi connectivity index (χ3v) is 9.69. The summed E-state index contributed by atoms with van der Waals surface area (Å²) in [5.41, 5.74) is 3.20. The highest BCUT2D eigenvalue weighted by molar-refractivity contribution is 7.13. The number of ether oxygens (including phenoxy) is 4. The number of unbranched alkanes of at least 4 members (excludes halogenated alkanes) is 3. The number of fused-ring (bicyclic) bond motifs is 3. The van der Waals surface area contributed by atoms with E-state index in [1.165, 1.54) is 13.2 Å². The molecule has 13 heteroatoms. The van der Waals surface area contributed by atoms with E-state index in [1.54, 1.807) is 68.5 Å². The molecule has 1 aliphatic heterocycles. The minimum Gasteiger partial charge on any atom is -0.493 e. The van der Waals surface area contributed by atoms with Crippen LogP contribution in [0.5, 0.6) is 11.5 Å². The van der Waals surface area contributed by atoms with Gasteiger partial charge < -0.3 is 34.9 Å². The van der Waals surface area contributed by atoms with Crippen molar-refractivity contribution in [3.8, 4) is 33.1 Å². The van der Waals surface area contributed by atoms with Gasteiger partial charge in [-0.2, -0.15) is 0 Å². The molecule has 2 aromatic heterocycles. The third-order valence-electron chi connectivity index (χ3n) is 8.70. The molecule has 3 heterocycles. The summed E-state index contributed by atoms with van der Waals surface area (Å²) in [5.74, 6) is -0.688. The minimum atomic E-state index is -0.766. The topological polar surface area (TPSA) is 154 Å². The van der Waals surface area contributed by atoms with Crippen molar-refractivity contribution in [2.24, 2.45) is 0 Å². The van der Waals surface area contributed by atoms with Gasteiger partial charge in [0.2, 0.25) is 0 Å². The van der Waals surface area contributed by atoms with Gasteiger partial charge in [-0.25, -0.2) is 14.6 Å². The lowest BCUT2D eigenvalue weighted by Gasteiger charge is -2.20. The van der Waals surface area contributed by atoms with Crippen LogP contribution in [0, 0.1) is 0 Å². The number of carbonyl (C=O) groups excluding carboxylic acids is 4. The number of esters is 1. The van der Waals surface area contributed by atoms with Crippen molar-refractivity contribution in [2.45, 2.75) is 85.3 Å². The van der Waals surface area contributed by atoms with Crippen LogP contribution >= 0.6 is 11.3 Å². The summed E-state index contributed by atoms with van der Waals surface area (Å²) in [6.45, 7) is 10.9. The maximum Gasteiger partial charge on any atom is 0.407 e. The Morgan fingerprint density at radius 1 is 0.891 bits per heavy atom. The van der Waals surface area contributed by atoms with Crippen LogP contribution in [0.1, 0.15) is 109 Å². The van der Waals surface area contributed by atoms with E-state index < -0.39 is 29.5 Å². The van der Waals surface area contributed by atoms with Crippen LogP contribution in [0.2, 0.25) is 0 Å². The van der Waals surface area contributed by atoms with Gasteiger partial charge in [0, 0.05) is 46.6 Å². The molecule has 0 atom stereocenters. The third kappa shape index (κ3) is 10.6. The molecule has 292 valence electrons. The maximum absolute atomic E-state index is 14.6.